The van der Waals surface area contributed by atoms with Crippen molar-refractivity contribution in [2.75, 3.05) is 12.3 Å². The van der Waals surface area contributed by atoms with Crippen molar-refractivity contribution in [2.24, 2.45) is 0 Å². The fourth-order valence-corrected chi connectivity index (χ4v) is 1.79. The number of ether oxygens (including phenoxy) is 1. The molecule has 5 N–H and O–H groups in total. The number of hydrogen-bond acceptors (Lipinski definition) is 8. The van der Waals surface area contributed by atoms with Crippen molar-refractivity contribution in [3.05, 3.63) is 16.7 Å². The van der Waals surface area contributed by atoms with Crippen LogP contribution in [0.25, 0.3) is 0 Å². The van der Waals surface area contributed by atoms with Crippen LogP contribution in [0.2, 0.25) is 0 Å². The lowest BCUT2D eigenvalue weighted by atomic mass is 9.99. The highest BCUT2D eigenvalue weighted by atomic mass is 16.6. The third-order valence-electron chi connectivity index (χ3n) is 2.92. The molecule has 9 heteroatoms. The molecule has 1 aromatic rings. The van der Waals surface area contributed by atoms with Crippen LogP contribution in [-0.2, 0) is 4.74 Å². The van der Waals surface area contributed by atoms with Crippen molar-refractivity contribution >= 4 is 5.82 Å². The maximum absolute atomic E-state index is 11.6. The Bertz CT molecular complexity index is 506. The fourth-order valence-electron chi connectivity index (χ4n) is 1.79. The summed E-state index contributed by atoms with van der Waals surface area (Å²) in [5, 5.41) is 32.4. The summed E-state index contributed by atoms with van der Waals surface area (Å²) in [5.74, 6) is -0.0609. The average molecular weight is 258 g/mol. The van der Waals surface area contributed by atoms with E-state index in [4.69, 9.17) is 15.6 Å². The van der Waals surface area contributed by atoms with Crippen molar-refractivity contribution in [2.45, 2.75) is 31.0 Å². The number of aliphatic hydroxyl groups is 3. The van der Waals surface area contributed by atoms with Gasteiger partial charge in [-0.1, -0.05) is 0 Å². The van der Waals surface area contributed by atoms with Gasteiger partial charge in [0.1, 0.15) is 23.6 Å². The average Bonchev–Trinajstić information content (AvgIpc) is 2.55. The van der Waals surface area contributed by atoms with E-state index in [1.807, 2.05) is 0 Å². The van der Waals surface area contributed by atoms with E-state index in [0.717, 1.165) is 10.9 Å². The predicted octanol–water partition coefficient (Wildman–Crippen LogP) is -2.78. The van der Waals surface area contributed by atoms with Crippen LogP contribution in [0.4, 0.5) is 5.82 Å². The van der Waals surface area contributed by atoms with Gasteiger partial charge in [0.15, 0.2) is 6.23 Å². The standard InChI is InChI=1S/C9H14N4O5/c1-9(3-14)6(16)5(15)7(18-9)13-8(17)12-4(10)2-11-13/h2,5-7,14-16H,3H2,1H3,(H2,10,12,17). The van der Waals surface area contributed by atoms with Crippen LogP contribution >= 0.6 is 0 Å². The molecule has 0 bridgehead atoms. The zero-order chi connectivity index (χ0) is 13.5. The first-order chi connectivity index (χ1) is 8.39. The zero-order valence-electron chi connectivity index (χ0n) is 9.59. The second-order valence-electron chi connectivity index (χ2n) is 4.32. The van der Waals surface area contributed by atoms with Crippen molar-refractivity contribution in [1.82, 2.24) is 14.8 Å². The van der Waals surface area contributed by atoms with Crippen LogP contribution in [0, 0.1) is 0 Å². The molecule has 2 heterocycles. The third kappa shape index (κ3) is 1.86. The number of nitrogens with zero attached hydrogens (tertiary/aromatic N) is 3. The van der Waals surface area contributed by atoms with Gasteiger partial charge in [0, 0.05) is 0 Å². The minimum atomic E-state index is -1.40. The summed E-state index contributed by atoms with van der Waals surface area (Å²) in [5.41, 5.74) is 3.11. The van der Waals surface area contributed by atoms with E-state index in [9.17, 15) is 15.0 Å². The molecule has 2 rings (SSSR count). The molecule has 4 unspecified atom stereocenters. The smallest absolute Gasteiger partial charge is 0.368 e. The Hall–Kier alpha value is -1.55. The van der Waals surface area contributed by atoms with Gasteiger partial charge in [0.2, 0.25) is 0 Å². The molecule has 0 aliphatic carbocycles. The Labute approximate surface area is 101 Å². The van der Waals surface area contributed by atoms with Crippen LogP contribution in [-0.4, -0.2) is 54.5 Å². The number of rotatable bonds is 2. The lowest BCUT2D eigenvalue weighted by Gasteiger charge is -2.24. The topological polar surface area (TPSA) is 144 Å². The molecule has 0 saturated carbocycles. The third-order valence-corrected chi connectivity index (χ3v) is 2.92. The van der Waals surface area contributed by atoms with Crippen molar-refractivity contribution in [3.63, 3.8) is 0 Å². The van der Waals surface area contributed by atoms with Crippen LogP contribution < -0.4 is 11.4 Å². The number of hydrogen-bond donors (Lipinski definition) is 4. The van der Waals surface area contributed by atoms with Gasteiger partial charge in [0.25, 0.3) is 0 Å². The lowest BCUT2D eigenvalue weighted by Crippen LogP contribution is -2.43. The first-order valence-electron chi connectivity index (χ1n) is 5.25. The van der Waals surface area contributed by atoms with Crippen LogP contribution in [0.3, 0.4) is 0 Å². The van der Waals surface area contributed by atoms with Gasteiger partial charge in [-0.25, -0.2) is 4.79 Å². The van der Waals surface area contributed by atoms with E-state index in [2.05, 4.69) is 10.1 Å². The molecule has 0 aromatic carbocycles. The molecule has 4 atom stereocenters. The van der Waals surface area contributed by atoms with Gasteiger partial charge in [-0.15, -0.1) is 0 Å². The number of aliphatic hydroxyl groups excluding tert-OH is 3. The van der Waals surface area contributed by atoms with E-state index in [0.29, 0.717) is 0 Å². The molecule has 100 valence electrons. The minimum Gasteiger partial charge on any atom is -0.393 e. The molecule has 1 aliphatic heterocycles. The summed E-state index contributed by atoms with van der Waals surface area (Å²) < 4.78 is 6.07. The van der Waals surface area contributed by atoms with E-state index >= 15 is 0 Å². The van der Waals surface area contributed by atoms with E-state index in [1.165, 1.54) is 6.92 Å². The highest BCUT2D eigenvalue weighted by molar-refractivity contribution is 5.19. The van der Waals surface area contributed by atoms with E-state index in [1.54, 1.807) is 0 Å². The molecular weight excluding hydrogens is 244 g/mol. The van der Waals surface area contributed by atoms with Crippen molar-refractivity contribution in [1.29, 1.82) is 0 Å². The molecule has 0 amide bonds. The monoisotopic (exact) mass is 258 g/mol. The summed E-state index contributed by atoms with van der Waals surface area (Å²) in [4.78, 5) is 15.0. The number of nitrogens with two attached hydrogens (primary N) is 1. The molecule has 0 radical (unpaired) electrons. The Balaban J connectivity index is 2.38. The van der Waals surface area contributed by atoms with E-state index in [-0.39, 0.29) is 5.82 Å². The fraction of sp³-hybridized carbons (Fsp3) is 0.667. The minimum absolute atomic E-state index is 0.0609. The predicted molar refractivity (Wildman–Crippen MR) is 58.3 cm³/mol. The van der Waals surface area contributed by atoms with Crippen LogP contribution in [0.5, 0.6) is 0 Å². The SMILES string of the molecule is CC1(CO)OC(n2ncc(N)nc2=O)C(O)C1O. The van der Waals surface area contributed by atoms with Crippen LogP contribution in [0.15, 0.2) is 11.0 Å². The molecular formula is C9H14N4O5. The van der Waals surface area contributed by atoms with Gasteiger partial charge in [0.05, 0.1) is 12.8 Å². The Morgan fingerprint density at radius 3 is 2.78 bits per heavy atom. The largest absolute Gasteiger partial charge is 0.393 e. The molecule has 18 heavy (non-hydrogen) atoms. The molecule has 1 aromatic heterocycles. The molecule has 1 aliphatic rings. The maximum Gasteiger partial charge on any atom is 0.368 e. The zero-order valence-corrected chi connectivity index (χ0v) is 9.59. The van der Waals surface area contributed by atoms with Crippen molar-refractivity contribution in [3.8, 4) is 0 Å². The summed E-state index contributed by atoms with van der Waals surface area (Å²) >= 11 is 0. The second-order valence-corrected chi connectivity index (χ2v) is 4.32. The first-order valence-corrected chi connectivity index (χ1v) is 5.25. The van der Waals surface area contributed by atoms with E-state index < -0.39 is 36.3 Å². The quantitative estimate of drug-likeness (QED) is 0.446. The highest BCUT2D eigenvalue weighted by Gasteiger charge is 2.52. The molecule has 1 saturated heterocycles. The highest BCUT2D eigenvalue weighted by Crippen LogP contribution is 2.35. The van der Waals surface area contributed by atoms with Crippen molar-refractivity contribution < 1.29 is 20.1 Å². The van der Waals surface area contributed by atoms with Gasteiger partial charge >= 0.3 is 5.69 Å². The van der Waals surface area contributed by atoms with Gasteiger partial charge in [-0.3, -0.25) is 0 Å². The Morgan fingerprint density at radius 1 is 1.61 bits per heavy atom. The number of nitrogen functional groups attached to an aromatic ring is 1. The summed E-state index contributed by atoms with van der Waals surface area (Å²) in [6.45, 7) is 0.898. The first kappa shape index (κ1) is 12.9. The lowest BCUT2D eigenvalue weighted by molar-refractivity contribution is -0.121. The summed E-state index contributed by atoms with van der Waals surface area (Å²) in [7, 11) is 0. The van der Waals surface area contributed by atoms with Gasteiger partial charge < -0.3 is 25.8 Å². The Kier molecular flexibility index (Phi) is 3.07. The molecule has 1 fully saturated rings. The summed E-state index contributed by atoms with van der Waals surface area (Å²) in [6, 6.07) is 0. The van der Waals surface area contributed by atoms with Gasteiger partial charge in [-0.2, -0.15) is 14.8 Å². The van der Waals surface area contributed by atoms with Crippen LogP contribution in [0.1, 0.15) is 13.2 Å². The second kappa shape index (κ2) is 4.28. The molecule has 9 nitrogen and oxygen atoms in total. The van der Waals surface area contributed by atoms with Gasteiger partial charge in [-0.05, 0) is 6.92 Å². The number of aromatic nitrogens is 3. The normalized spacial score (nSPS) is 35.9. The molecule has 0 spiro atoms. The number of anilines is 1. The maximum atomic E-state index is 11.6. The summed E-state index contributed by atoms with van der Waals surface area (Å²) in [6.07, 6.45) is -2.85. The Morgan fingerprint density at radius 2 is 2.28 bits per heavy atom.